The molecular formula is C29H42O4S2. The van der Waals surface area contributed by atoms with E-state index in [1.54, 1.807) is 12.1 Å². The maximum absolute atomic E-state index is 10.0. The molecule has 1 aliphatic heterocycles. The summed E-state index contributed by atoms with van der Waals surface area (Å²) in [6, 6.07) is 13.6. The maximum Gasteiger partial charge on any atom is 0.116 e. The summed E-state index contributed by atoms with van der Waals surface area (Å²) in [6.07, 6.45) is 10.1. The first kappa shape index (κ1) is 28.2. The number of aliphatic hydroxyl groups excluding tert-OH is 1. The van der Waals surface area contributed by atoms with Crippen LogP contribution >= 0.6 is 23.5 Å². The number of phenols is 2. The van der Waals surface area contributed by atoms with Crippen molar-refractivity contribution in [2.75, 3.05) is 37.1 Å². The minimum absolute atomic E-state index is 0.00312. The number of aromatic hydroxyl groups is 2. The van der Waals surface area contributed by atoms with E-state index in [0.717, 1.165) is 24.5 Å². The Labute approximate surface area is 219 Å². The van der Waals surface area contributed by atoms with Crippen LogP contribution in [-0.2, 0) is 10.2 Å². The third-order valence-corrected chi connectivity index (χ3v) is 9.53. The van der Waals surface area contributed by atoms with Gasteiger partial charge in [0.25, 0.3) is 0 Å². The lowest BCUT2D eigenvalue weighted by molar-refractivity contribution is 0.103. The van der Waals surface area contributed by atoms with Gasteiger partial charge in [0.2, 0.25) is 0 Å². The van der Waals surface area contributed by atoms with Crippen LogP contribution < -0.4 is 0 Å². The number of unbranched alkanes of at least 4 members (excludes halogenated alkanes) is 6. The highest BCUT2D eigenvalue weighted by Crippen LogP contribution is 2.52. The molecule has 1 aliphatic rings. The van der Waals surface area contributed by atoms with Gasteiger partial charge in [-0.15, -0.1) is 11.8 Å². The Morgan fingerprint density at radius 3 is 2.31 bits per heavy atom. The molecule has 4 nitrogen and oxygen atoms in total. The Bertz CT molecular complexity index is 873. The van der Waals surface area contributed by atoms with Crippen LogP contribution in [0.4, 0.5) is 0 Å². The molecule has 0 radical (unpaired) electrons. The van der Waals surface area contributed by atoms with Gasteiger partial charge in [-0.3, -0.25) is 0 Å². The second kappa shape index (κ2) is 15.0. The number of ether oxygens (including phenoxy) is 1. The maximum atomic E-state index is 10.0. The molecule has 2 aromatic rings. The van der Waals surface area contributed by atoms with Crippen molar-refractivity contribution in [3.63, 3.8) is 0 Å². The van der Waals surface area contributed by atoms with Gasteiger partial charge < -0.3 is 20.1 Å². The van der Waals surface area contributed by atoms with Gasteiger partial charge in [-0.1, -0.05) is 63.6 Å². The molecule has 0 bridgehead atoms. The van der Waals surface area contributed by atoms with Gasteiger partial charge in [-0.05, 0) is 59.9 Å². The van der Waals surface area contributed by atoms with Crippen molar-refractivity contribution in [3.05, 3.63) is 53.6 Å². The summed E-state index contributed by atoms with van der Waals surface area (Å²) >= 11 is 3.78. The molecule has 1 heterocycles. The van der Waals surface area contributed by atoms with Crippen LogP contribution in [0.3, 0.4) is 0 Å². The number of phenolic OH excluding ortho intramolecular Hbond substituents is 2. The SMILES string of the molecule is CC1(c2ccc(O)cc2)CSc2cc(O)ccc2C1CCCCCCCCCSCCOCCO. The average Bonchev–Trinajstić information content (AvgIpc) is 2.86. The predicted octanol–water partition coefficient (Wildman–Crippen LogP) is 7.11. The fourth-order valence-electron chi connectivity index (χ4n) is 5.03. The molecule has 0 aliphatic carbocycles. The highest BCUT2D eigenvalue weighted by atomic mass is 32.2. The molecule has 0 saturated carbocycles. The van der Waals surface area contributed by atoms with Crippen LogP contribution in [0.1, 0.15) is 75.3 Å². The summed E-state index contributed by atoms with van der Waals surface area (Å²) in [4.78, 5) is 1.21. The fourth-order valence-corrected chi connectivity index (χ4v) is 7.28. The van der Waals surface area contributed by atoms with Crippen LogP contribution in [0.5, 0.6) is 11.5 Å². The molecule has 2 atom stereocenters. The first-order valence-electron chi connectivity index (χ1n) is 13.1. The van der Waals surface area contributed by atoms with Crippen molar-refractivity contribution in [1.29, 1.82) is 0 Å². The highest BCUT2D eigenvalue weighted by Gasteiger charge is 2.41. The fraction of sp³-hybridized carbons (Fsp3) is 0.586. The molecule has 0 aromatic heterocycles. The monoisotopic (exact) mass is 518 g/mol. The average molecular weight is 519 g/mol. The number of rotatable bonds is 16. The van der Waals surface area contributed by atoms with Crippen molar-refractivity contribution in [1.82, 2.24) is 0 Å². The van der Waals surface area contributed by atoms with Crippen molar-refractivity contribution in [2.45, 2.75) is 74.5 Å². The highest BCUT2D eigenvalue weighted by molar-refractivity contribution is 7.99. The zero-order valence-electron chi connectivity index (χ0n) is 21.1. The molecule has 0 saturated heterocycles. The minimum atomic E-state index is 0.00312. The summed E-state index contributed by atoms with van der Waals surface area (Å²) in [6.45, 7) is 3.67. The van der Waals surface area contributed by atoms with Gasteiger partial charge >= 0.3 is 0 Å². The standard InChI is InChI=1S/C29H42O4S2/c1-29(23-10-12-24(31)13-11-23)22-35-28-21-25(32)14-15-26(28)27(29)9-7-5-3-2-4-6-8-19-34-20-18-33-17-16-30/h10-15,21,27,30-32H,2-9,16-20,22H2,1H3. The smallest absolute Gasteiger partial charge is 0.116 e. The van der Waals surface area contributed by atoms with E-state index in [1.807, 2.05) is 35.7 Å². The van der Waals surface area contributed by atoms with Gasteiger partial charge in [0.15, 0.2) is 0 Å². The zero-order valence-corrected chi connectivity index (χ0v) is 22.7. The number of hydrogen-bond acceptors (Lipinski definition) is 6. The van der Waals surface area contributed by atoms with E-state index in [4.69, 9.17) is 9.84 Å². The number of fused-ring (bicyclic) bond motifs is 1. The van der Waals surface area contributed by atoms with Crippen molar-refractivity contribution < 1.29 is 20.1 Å². The van der Waals surface area contributed by atoms with Crippen LogP contribution in [-0.4, -0.2) is 52.4 Å². The van der Waals surface area contributed by atoms with Crippen molar-refractivity contribution >= 4 is 23.5 Å². The van der Waals surface area contributed by atoms with Crippen molar-refractivity contribution in [2.24, 2.45) is 0 Å². The molecule has 0 spiro atoms. The topological polar surface area (TPSA) is 69.9 Å². The third kappa shape index (κ3) is 8.63. The molecule has 2 aromatic carbocycles. The summed E-state index contributed by atoms with van der Waals surface area (Å²) in [5.74, 6) is 4.26. The Morgan fingerprint density at radius 2 is 1.57 bits per heavy atom. The quantitative estimate of drug-likeness (QED) is 0.206. The van der Waals surface area contributed by atoms with E-state index < -0.39 is 0 Å². The Kier molecular flexibility index (Phi) is 12.1. The van der Waals surface area contributed by atoms with Crippen LogP contribution in [0.25, 0.3) is 0 Å². The summed E-state index contributed by atoms with van der Waals surface area (Å²) in [5, 5.41) is 28.5. The van der Waals surface area contributed by atoms with Gasteiger partial charge in [0, 0.05) is 21.8 Å². The lowest BCUT2D eigenvalue weighted by Crippen LogP contribution is -2.36. The number of thioether (sulfide) groups is 2. The molecule has 2 unspecified atom stereocenters. The van der Waals surface area contributed by atoms with E-state index in [1.165, 1.54) is 66.7 Å². The summed E-state index contributed by atoms with van der Waals surface area (Å²) in [5.41, 5.74) is 2.64. The zero-order chi connectivity index (χ0) is 24.9. The molecule has 3 rings (SSSR count). The molecule has 194 valence electrons. The van der Waals surface area contributed by atoms with Gasteiger partial charge in [-0.2, -0.15) is 11.8 Å². The second-order valence-electron chi connectivity index (χ2n) is 9.74. The van der Waals surface area contributed by atoms with Crippen LogP contribution in [0.15, 0.2) is 47.4 Å². The molecule has 0 amide bonds. The molecule has 3 N–H and O–H groups in total. The third-order valence-electron chi connectivity index (χ3n) is 7.09. The number of hydrogen-bond donors (Lipinski definition) is 3. The van der Waals surface area contributed by atoms with Crippen molar-refractivity contribution in [3.8, 4) is 11.5 Å². The summed E-state index contributed by atoms with van der Waals surface area (Å²) < 4.78 is 5.28. The van der Waals surface area contributed by atoms with E-state index in [2.05, 4.69) is 25.1 Å². The largest absolute Gasteiger partial charge is 0.508 e. The first-order chi connectivity index (χ1) is 17.0. The van der Waals surface area contributed by atoms with Crippen LogP contribution in [0.2, 0.25) is 0 Å². The molecule has 35 heavy (non-hydrogen) atoms. The number of benzene rings is 2. The first-order valence-corrected chi connectivity index (χ1v) is 15.2. The number of aliphatic hydroxyl groups is 1. The van der Waals surface area contributed by atoms with E-state index >= 15 is 0 Å². The van der Waals surface area contributed by atoms with Gasteiger partial charge in [0.1, 0.15) is 11.5 Å². The minimum Gasteiger partial charge on any atom is -0.508 e. The second-order valence-corrected chi connectivity index (χ2v) is 12.0. The molecular weight excluding hydrogens is 476 g/mol. The summed E-state index contributed by atoms with van der Waals surface area (Å²) in [7, 11) is 0. The Morgan fingerprint density at radius 1 is 0.886 bits per heavy atom. The molecule has 6 heteroatoms. The lowest BCUT2D eigenvalue weighted by atomic mass is 9.68. The normalized spacial score (nSPS) is 19.5. The predicted molar refractivity (Wildman–Crippen MR) is 149 cm³/mol. The lowest BCUT2D eigenvalue weighted by Gasteiger charge is -2.43. The molecule has 0 fully saturated rings. The van der Waals surface area contributed by atoms with E-state index in [9.17, 15) is 10.2 Å². The van der Waals surface area contributed by atoms with Crippen LogP contribution in [0, 0.1) is 0 Å². The Hall–Kier alpha value is -1.34. The van der Waals surface area contributed by atoms with E-state index in [-0.39, 0.29) is 12.0 Å². The van der Waals surface area contributed by atoms with E-state index in [0.29, 0.717) is 24.0 Å². The van der Waals surface area contributed by atoms with Gasteiger partial charge in [0.05, 0.1) is 19.8 Å². The Balaban J connectivity index is 1.42. The van der Waals surface area contributed by atoms with Gasteiger partial charge in [-0.25, -0.2) is 0 Å².